The van der Waals surface area contributed by atoms with Crippen molar-refractivity contribution in [2.75, 3.05) is 12.4 Å². The maximum absolute atomic E-state index is 12.9. The Balaban J connectivity index is 1.39. The van der Waals surface area contributed by atoms with Crippen LogP contribution in [-0.4, -0.2) is 22.6 Å². The van der Waals surface area contributed by atoms with Gasteiger partial charge in [-0.2, -0.15) is 0 Å². The van der Waals surface area contributed by atoms with Crippen molar-refractivity contribution in [3.8, 4) is 11.5 Å². The molecule has 0 spiro atoms. The summed E-state index contributed by atoms with van der Waals surface area (Å²) in [4.78, 5) is 17.6. The highest BCUT2D eigenvalue weighted by Gasteiger charge is 2.15. The fourth-order valence-electron chi connectivity index (χ4n) is 3.90. The first kappa shape index (κ1) is 20.6. The van der Waals surface area contributed by atoms with Crippen molar-refractivity contribution in [2.45, 2.75) is 13.2 Å². The number of benzene rings is 4. The molecule has 0 aliphatic carbocycles. The lowest BCUT2D eigenvalue weighted by molar-refractivity contribution is -0.116. The van der Waals surface area contributed by atoms with Crippen LogP contribution in [0.3, 0.4) is 0 Å². The summed E-state index contributed by atoms with van der Waals surface area (Å²) in [6, 6.07) is 29.2. The standard InChI is InChI=1S/C27H23N3O3/c1-32-25-13-7-5-11-23(25)29-27(31)17-30-24-12-6-4-10-22(24)28-26(30)18-33-21-15-14-19-8-2-3-9-20(19)16-21/h2-16H,17-18H2,1H3,(H,29,31). The van der Waals surface area contributed by atoms with E-state index in [-0.39, 0.29) is 19.1 Å². The van der Waals surface area contributed by atoms with Crippen LogP contribution in [0.2, 0.25) is 0 Å². The highest BCUT2D eigenvalue weighted by Crippen LogP contribution is 2.25. The molecular weight excluding hydrogens is 414 g/mol. The van der Waals surface area contributed by atoms with Crippen LogP contribution < -0.4 is 14.8 Å². The number of methoxy groups -OCH3 is 1. The highest BCUT2D eigenvalue weighted by molar-refractivity contribution is 5.93. The van der Waals surface area contributed by atoms with E-state index in [2.05, 4.69) is 17.4 Å². The molecule has 0 saturated heterocycles. The summed E-state index contributed by atoms with van der Waals surface area (Å²) in [6.45, 7) is 0.351. The van der Waals surface area contributed by atoms with Gasteiger partial charge in [-0.1, -0.05) is 54.6 Å². The Morgan fingerprint density at radius 3 is 2.55 bits per heavy atom. The minimum absolute atomic E-state index is 0.106. The van der Waals surface area contributed by atoms with E-state index < -0.39 is 0 Å². The van der Waals surface area contributed by atoms with Gasteiger partial charge in [0.15, 0.2) is 0 Å². The van der Waals surface area contributed by atoms with Crippen LogP contribution in [0.15, 0.2) is 91.0 Å². The Kier molecular flexibility index (Phi) is 5.64. The Labute approximate surface area is 191 Å². The number of amides is 1. The largest absolute Gasteiger partial charge is 0.495 e. The molecule has 6 nitrogen and oxygen atoms in total. The number of hydrogen-bond acceptors (Lipinski definition) is 4. The third-order valence-corrected chi connectivity index (χ3v) is 5.51. The van der Waals surface area contributed by atoms with Crippen LogP contribution in [0.1, 0.15) is 5.82 Å². The monoisotopic (exact) mass is 437 g/mol. The van der Waals surface area contributed by atoms with Crippen molar-refractivity contribution in [3.05, 3.63) is 96.8 Å². The quantitative estimate of drug-likeness (QED) is 0.369. The predicted molar refractivity (Wildman–Crippen MR) is 130 cm³/mol. The van der Waals surface area contributed by atoms with Crippen LogP contribution in [0.4, 0.5) is 5.69 Å². The molecule has 1 amide bonds. The first-order chi connectivity index (χ1) is 16.2. The van der Waals surface area contributed by atoms with Gasteiger partial charge in [-0.05, 0) is 47.2 Å². The molecule has 0 radical (unpaired) electrons. The Bertz CT molecular complexity index is 1440. The molecule has 1 N–H and O–H groups in total. The fraction of sp³-hybridized carbons (Fsp3) is 0.111. The lowest BCUT2D eigenvalue weighted by Gasteiger charge is -2.13. The molecule has 0 aliphatic rings. The molecule has 1 aromatic heterocycles. The summed E-state index contributed by atoms with van der Waals surface area (Å²) in [5.74, 6) is 1.88. The summed E-state index contributed by atoms with van der Waals surface area (Å²) in [7, 11) is 1.58. The molecule has 0 saturated carbocycles. The van der Waals surface area contributed by atoms with Gasteiger partial charge in [0.05, 0.1) is 23.8 Å². The summed E-state index contributed by atoms with van der Waals surface area (Å²) in [5, 5.41) is 5.20. The second kappa shape index (κ2) is 9.04. The number of ether oxygens (including phenoxy) is 2. The number of hydrogen-bond donors (Lipinski definition) is 1. The average molecular weight is 437 g/mol. The van der Waals surface area contributed by atoms with Crippen molar-refractivity contribution in [2.24, 2.45) is 0 Å². The zero-order valence-corrected chi connectivity index (χ0v) is 18.2. The SMILES string of the molecule is COc1ccccc1NC(=O)Cn1c(COc2ccc3ccccc3c2)nc2ccccc21. The van der Waals surface area contributed by atoms with E-state index in [4.69, 9.17) is 14.5 Å². The van der Waals surface area contributed by atoms with Crippen LogP contribution >= 0.6 is 0 Å². The molecule has 6 heteroatoms. The molecule has 0 aliphatic heterocycles. The minimum atomic E-state index is -0.172. The van der Waals surface area contributed by atoms with Gasteiger partial charge in [0.1, 0.15) is 30.5 Å². The molecule has 0 atom stereocenters. The number of fused-ring (bicyclic) bond motifs is 2. The van der Waals surface area contributed by atoms with Gasteiger partial charge < -0.3 is 19.4 Å². The molecule has 0 unspecified atom stereocenters. The maximum Gasteiger partial charge on any atom is 0.244 e. The van der Waals surface area contributed by atoms with Crippen LogP contribution in [-0.2, 0) is 17.9 Å². The van der Waals surface area contributed by atoms with Crippen molar-refractivity contribution in [1.82, 2.24) is 9.55 Å². The molecule has 4 aromatic carbocycles. The molecule has 5 aromatic rings. The number of imidazole rings is 1. The molecule has 5 rings (SSSR count). The van der Waals surface area contributed by atoms with Crippen LogP contribution in [0.5, 0.6) is 11.5 Å². The van der Waals surface area contributed by atoms with Gasteiger partial charge >= 0.3 is 0 Å². The second-order valence-corrected chi connectivity index (χ2v) is 7.65. The summed E-state index contributed by atoms with van der Waals surface area (Å²) >= 11 is 0. The van der Waals surface area contributed by atoms with Gasteiger partial charge in [-0.3, -0.25) is 4.79 Å². The van der Waals surface area contributed by atoms with Crippen molar-refractivity contribution >= 4 is 33.4 Å². The van der Waals surface area contributed by atoms with Gasteiger partial charge in [-0.15, -0.1) is 0 Å². The number of aromatic nitrogens is 2. The van der Waals surface area contributed by atoms with E-state index in [1.807, 2.05) is 83.4 Å². The predicted octanol–water partition coefficient (Wildman–Crippen LogP) is 5.42. The number of para-hydroxylation sites is 4. The molecule has 33 heavy (non-hydrogen) atoms. The third-order valence-electron chi connectivity index (χ3n) is 5.51. The summed E-state index contributed by atoms with van der Waals surface area (Å²) in [5.41, 5.74) is 2.33. The summed E-state index contributed by atoms with van der Waals surface area (Å²) < 4.78 is 13.3. The summed E-state index contributed by atoms with van der Waals surface area (Å²) in [6.07, 6.45) is 0. The zero-order valence-electron chi connectivity index (χ0n) is 18.2. The van der Waals surface area contributed by atoms with E-state index in [0.29, 0.717) is 17.3 Å². The maximum atomic E-state index is 12.9. The molecule has 1 heterocycles. The first-order valence-electron chi connectivity index (χ1n) is 10.7. The normalized spacial score (nSPS) is 10.9. The fourth-order valence-corrected chi connectivity index (χ4v) is 3.90. The van der Waals surface area contributed by atoms with E-state index in [1.165, 1.54) is 0 Å². The van der Waals surface area contributed by atoms with Gasteiger partial charge in [-0.25, -0.2) is 4.98 Å². The Hall–Kier alpha value is -4.32. The van der Waals surface area contributed by atoms with Gasteiger partial charge in [0.2, 0.25) is 5.91 Å². The second-order valence-electron chi connectivity index (χ2n) is 7.65. The molecule has 0 bridgehead atoms. The molecular formula is C27H23N3O3. The number of nitrogens with one attached hydrogen (secondary N) is 1. The molecule has 164 valence electrons. The smallest absolute Gasteiger partial charge is 0.244 e. The van der Waals surface area contributed by atoms with E-state index in [1.54, 1.807) is 7.11 Å². The van der Waals surface area contributed by atoms with E-state index in [0.717, 1.165) is 27.6 Å². The number of carbonyl (C=O) groups is 1. The van der Waals surface area contributed by atoms with Crippen LogP contribution in [0.25, 0.3) is 21.8 Å². The Morgan fingerprint density at radius 2 is 1.67 bits per heavy atom. The van der Waals surface area contributed by atoms with E-state index in [9.17, 15) is 4.79 Å². The number of nitrogens with zero attached hydrogens (tertiary/aromatic N) is 2. The minimum Gasteiger partial charge on any atom is -0.495 e. The van der Waals surface area contributed by atoms with Gasteiger partial charge in [0, 0.05) is 0 Å². The topological polar surface area (TPSA) is 65.4 Å². The van der Waals surface area contributed by atoms with Crippen molar-refractivity contribution < 1.29 is 14.3 Å². The van der Waals surface area contributed by atoms with Crippen molar-refractivity contribution in [3.63, 3.8) is 0 Å². The van der Waals surface area contributed by atoms with Crippen molar-refractivity contribution in [1.29, 1.82) is 0 Å². The number of carbonyl (C=O) groups excluding carboxylic acids is 1. The third kappa shape index (κ3) is 4.36. The van der Waals surface area contributed by atoms with Gasteiger partial charge in [0.25, 0.3) is 0 Å². The lowest BCUT2D eigenvalue weighted by atomic mass is 10.1. The Morgan fingerprint density at radius 1 is 0.909 bits per heavy atom. The lowest BCUT2D eigenvalue weighted by Crippen LogP contribution is -2.21. The zero-order chi connectivity index (χ0) is 22.6. The van der Waals surface area contributed by atoms with E-state index >= 15 is 0 Å². The molecule has 0 fully saturated rings. The average Bonchev–Trinajstić information content (AvgIpc) is 3.20. The highest BCUT2D eigenvalue weighted by atomic mass is 16.5. The number of anilines is 1. The van der Waals surface area contributed by atoms with Crippen LogP contribution in [0, 0.1) is 0 Å². The first-order valence-corrected chi connectivity index (χ1v) is 10.7. The number of rotatable bonds is 7.